The Labute approximate surface area is 250 Å². The van der Waals surface area contributed by atoms with Crippen LogP contribution in [-0.4, -0.2) is 65.4 Å². The van der Waals surface area contributed by atoms with Crippen molar-refractivity contribution in [3.8, 4) is 28.5 Å². The molecule has 1 amide bonds. The Morgan fingerprint density at radius 1 is 1.07 bits per heavy atom. The first kappa shape index (κ1) is 26.4. The summed E-state index contributed by atoms with van der Waals surface area (Å²) in [4.78, 5) is 26.0. The minimum Gasteiger partial charge on any atom is -0.494 e. The molecule has 5 aromatic rings. The van der Waals surface area contributed by atoms with E-state index in [-0.39, 0.29) is 18.0 Å². The topological polar surface area (TPSA) is 109 Å². The van der Waals surface area contributed by atoms with Crippen LogP contribution >= 0.6 is 0 Å². The van der Waals surface area contributed by atoms with E-state index in [0.717, 1.165) is 82.2 Å². The quantitative estimate of drug-likeness (QED) is 0.316. The number of pyridine rings is 1. The van der Waals surface area contributed by atoms with Crippen LogP contribution in [0.5, 0.6) is 5.75 Å². The Bertz CT molecular complexity index is 1940. The zero-order valence-electron chi connectivity index (χ0n) is 25.5. The van der Waals surface area contributed by atoms with Crippen molar-refractivity contribution in [2.75, 3.05) is 13.7 Å². The van der Waals surface area contributed by atoms with E-state index in [2.05, 4.69) is 39.4 Å². The molecule has 2 bridgehead atoms. The van der Waals surface area contributed by atoms with Crippen molar-refractivity contribution in [1.29, 1.82) is 0 Å². The van der Waals surface area contributed by atoms with Crippen molar-refractivity contribution >= 4 is 28.0 Å². The molecule has 0 spiro atoms. The van der Waals surface area contributed by atoms with Crippen molar-refractivity contribution in [3.63, 3.8) is 0 Å². The van der Waals surface area contributed by atoms with Crippen LogP contribution < -0.4 is 10.5 Å². The molecule has 1 saturated heterocycles. The van der Waals surface area contributed by atoms with E-state index >= 15 is 0 Å². The molecule has 222 valence electrons. The van der Waals surface area contributed by atoms with Gasteiger partial charge in [0.1, 0.15) is 16.9 Å². The molecule has 4 aromatic heterocycles. The van der Waals surface area contributed by atoms with E-state index in [4.69, 9.17) is 20.4 Å². The number of methoxy groups -OCH3 is 1. The van der Waals surface area contributed by atoms with Gasteiger partial charge in [0, 0.05) is 61.5 Å². The summed E-state index contributed by atoms with van der Waals surface area (Å²) in [6.07, 6.45) is 4.53. The second-order valence-corrected chi connectivity index (χ2v) is 12.8. The normalized spacial score (nSPS) is 21.5. The van der Waals surface area contributed by atoms with Gasteiger partial charge in [-0.1, -0.05) is 0 Å². The predicted molar refractivity (Wildman–Crippen MR) is 166 cm³/mol. The number of fused-ring (bicyclic) bond motifs is 4. The number of carbonyl (C=O) groups excluding carboxylic acids is 1. The van der Waals surface area contributed by atoms with Crippen molar-refractivity contribution < 1.29 is 9.53 Å². The van der Waals surface area contributed by atoms with Crippen LogP contribution in [-0.2, 0) is 20.6 Å². The number of piperidine rings is 1. The number of imidazole rings is 1. The van der Waals surface area contributed by atoms with Crippen molar-refractivity contribution in [3.05, 3.63) is 47.3 Å². The molecule has 3 aliphatic rings. The lowest BCUT2D eigenvalue weighted by Crippen LogP contribution is -2.41. The van der Waals surface area contributed by atoms with Gasteiger partial charge in [-0.2, -0.15) is 5.10 Å². The Morgan fingerprint density at radius 2 is 1.88 bits per heavy atom. The van der Waals surface area contributed by atoms with Crippen LogP contribution in [0.15, 0.2) is 30.3 Å². The van der Waals surface area contributed by atoms with Crippen LogP contribution in [0.25, 0.3) is 44.8 Å². The van der Waals surface area contributed by atoms with Crippen molar-refractivity contribution in [2.45, 2.75) is 58.2 Å². The van der Waals surface area contributed by atoms with Gasteiger partial charge in [-0.25, -0.2) is 9.97 Å². The average molecular weight is 579 g/mol. The number of benzene rings is 1. The van der Waals surface area contributed by atoms with E-state index < -0.39 is 0 Å². The summed E-state index contributed by atoms with van der Waals surface area (Å²) in [6, 6.07) is 10.4. The Morgan fingerprint density at radius 3 is 2.53 bits per heavy atom. The standard InChI is InChI=1S/C33H38N8O2/c1-17-28(18(2)39(4)37-17)23-10-8-20-13-26(40(31(20)35-23)15-19-6-7-19)32-36-24-12-22(14-27(43-5)30(24)38(32)3)33(42)41-16-21-9-11-25(41)29(21)34/h8,10,12-14,19,21,25,29H,6-7,9,11,15-16,34H2,1-5H3/t21?,25?,29-/m1/s1. The third-order valence-electron chi connectivity index (χ3n) is 10.2. The molecule has 2 aliphatic carbocycles. The van der Waals surface area contributed by atoms with Gasteiger partial charge in [0.25, 0.3) is 5.91 Å². The second kappa shape index (κ2) is 9.41. The maximum atomic E-state index is 13.7. The largest absolute Gasteiger partial charge is 0.494 e. The number of hydrogen-bond acceptors (Lipinski definition) is 6. The van der Waals surface area contributed by atoms with E-state index in [0.29, 0.717) is 23.1 Å². The summed E-state index contributed by atoms with van der Waals surface area (Å²) in [5, 5.41) is 5.70. The molecule has 43 heavy (non-hydrogen) atoms. The minimum absolute atomic E-state index is 0.00983. The summed E-state index contributed by atoms with van der Waals surface area (Å²) >= 11 is 0. The predicted octanol–water partition coefficient (Wildman–Crippen LogP) is 4.59. The number of rotatable bonds is 6. The molecule has 10 heteroatoms. The smallest absolute Gasteiger partial charge is 0.254 e. The van der Waals surface area contributed by atoms with Gasteiger partial charge in [0.2, 0.25) is 0 Å². The Balaban J connectivity index is 1.25. The maximum absolute atomic E-state index is 13.7. The number of aromatic nitrogens is 6. The molecule has 3 fully saturated rings. The van der Waals surface area contributed by atoms with Gasteiger partial charge in [0.05, 0.1) is 29.7 Å². The summed E-state index contributed by atoms with van der Waals surface area (Å²) in [7, 11) is 5.65. The number of nitrogens with zero attached hydrogens (tertiary/aromatic N) is 7. The average Bonchev–Trinajstić information content (AvgIpc) is 3.23. The molecule has 10 nitrogen and oxygen atoms in total. The Kier molecular flexibility index (Phi) is 5.79. The van der Waals surface area contributed by atoms with Gasteiger partial charge in [-0.15, -0.1) is 0 Å². The fourth-order valence-corrected chi connectivity index (χ4v) is 7.61. The first-order chi connectivity index (χ1) is 20.7. The summed E-state index contributed by atoms with van der Waals surface area (Å²) in [6.45, 7) is 5.75. The molecule has 1 aromatic carbocycles. The van der Waals surface area contributed by atoms with Gasteiger partial charge in [-0.3, -0.25) is 9.48 Å². The monoisotopic (exact) mass is 578 g/mol. The molecule has 0 radical (unpaired) electrons. The number of aryl methyl sites for hydroxylation is 3. The highest BCUT2D eigenvalue weighted by atomic mass is 16.5. The van der Waals surface area contributed by atoms with Gasteiger partial charge in [-0.05, 0) is 81.7 Å². The van der Waals surface area contributed by atoms with Crippen LogP contribution in [0.4, 0.5) is 0 Å². The first-order valence-electron chi connectivity index (χ1n) is 15.4. The van der Waals surface area contributed by atoms with Gasteiger partial charge >= 0.3 is 0 Å². The number of nitrogens with two attached hydrogens (primary N) is 1. The molecular weight excluding hydrogens is 540 g/mol. The zero-order valence-corrected chi connectivity index (χ0v) is 25.5. The zero-order chi connectivity index (χ0) is 29.7. The van der Waals surface area contributed by atoms with Crippen LogP contribution in [0.2, 0.25) is 0 Å². The highest BCUT2D eigenvalue weighted by Gasteiger charge is 2.47. The van der Waals surface area contributed by atoms with E-state index in [1.165, 1.54) is 12.8 Å². The molecule has 2 unspecified atom stereocenters. The molecule has 1 aliphatic heterocycles. The van der Waals surface area contributed by atoms with Crippen LogP contribution in [0, 0.1) is 25.7 Å². The molecule has 3 atom stereocenters. The third-order valence-corrected chi connectivity index (χ3v) is 10.2. The Hall–Kier alpha value is -4.18. The summed E-state index contributed by atoms with van der Waals surface area (Å²) in [5.74, 6) is 2.51. The number of likely N-dealkylation sites (tertiary alicyclic amines) is 1. The maximum Gasteiger partial charge on any atom is 0.254 e. The molecular formula is C33H38N8O2. The fourth-order valence-electron chi connectivity index (χ4n) is 7.61. The van der Waals surface area contributed by atoms with Crippen LogP contribution in [0.1, 0.15) is 47.4 Å². The number of carbonyl (C=O) groups is 1. The van der Waals surface area contributed by atoms with E-state index in [1.54, 1.807) is 7.11 Å². The second-order valence-electron chi connectivity index (χ2n) is 12.8. The highest BCUT2D eigenvalue weighted by molar-refractivity contribution is 6.00. The highest BCUT2D eigenvalue weighted by Crippen LogP contribution is 2.40. The van der Waals surface area contributed by atoms with Crippen LogP contribution in [0.3, 0.4) is 0 Å². The van der Waals surface area contributed by atoms with Gasteiger partial charge in [0.15, 0.2) is 5.82 Å². The lowest BCUT2D eigenvalue weighted by Gasteiger charge is -2.27. The fraction of sp³-hybridized carbons (Fsp3) is 0.455. The minimum atomic E-state index is 0.00983. The third kappa shape index (κ3) is 3.95. The summed E-state index contributed by atoms with van der Waals surface area (Å²) < 4.78 is 12.2. The van der Waals surface area contributed by atoms with Crippen molar-refractivity contribution in [2.24, 2.45) is 31.7 Å². The van der Waals surface area contributed by atoms with E-state index in [1.807, 2.05) is 42.7 Å². The molecule has 5 heterocycles. The number of amides is 1. The van der Waals surface area contributed by atoms with Crippen molar-refractivity contribution in [1.82, 2.24) is 33.8 Å². The molecule has 2 N–H and O–H groups in total. The SMILES string of the molecule is COc1cc(C(=O)N2CC3CCC2[C@@H]3N)cc2nc(-c3cc4ccc(-c5c(C)nn(C)c5C)nc4n3CC3CC3)n(C)c12. The van der Waals surface area contributed by atoms with E-state index in [9.17, 15) is 4.79 Å². The molecule has 2 saturated carbocycles. The summed E-state index contributed by atoms with van der Waals surface area (Å²) in [5.41, 5.74) is 14.7. The lowest BCUT2D eigenvalue weighted by molar-refractivity contribution is 0.0700. The number of ether oxygens (including phenoxy) is 1. The lowest BCUT2D eigenvalue weighted by atomic mass is 10.1. The molecule has 8 rings (SSSR count). The first-order valence-corrected chi connectivity index (χ1v) is 15.4. The number of hydrogen-bond donors (Lipinski definition) is 1. The van der Waals surface area contributed by atoms with Gasteiger partial charge < -0.3 is 24.5 Å².